The van der Waals surface area contributed by atoms with Gasteiger partial charge in [0, 0.05) is 0 Å². The molecule has 0 aliphatic heterocycles. The highest BCUT2D eigenvalue weighted by Gasteiger charge is 2.75. The van der Waals surface area contributed by atoms with Crippen LogP contribution in [0, 0.1) is 0 Å². The van der Waals surface area contributed by atoms with Gasteiger partial charge in [-0.2, -0.15) is 52.7 Å². The molecule has 28 heavy (non-hydrogen) atoms. The van der Waals surface area contributed by atoms with Crippen LogP contribution in [0.3, 0.4) is 0 Å². The largest absolute Gasteiger partial charge is 0.475 e. The average molecular weight is 476 g/mol. The molecule has 0 amide bonds. The zero-order valence-electron chi connectivity index (χ0n) is 12.6. The Hall–Kier alpha value is -0.870. The summed E-state index contributed by atoms with van der Waals surface area (Å²) in [5, 5.41) is 0. The Morgan fingerprint density at radius 1 is 0.643 bits per heavy atom. The summed E-state index contributed by atoms with van der Waals surface area (Å²) in [6.45, 7) is -8.83. The fraction of sp³-hybridized carbons (Fsp3) is 1.00. The van der Waals surface area contributed by atoms with Crippen LogP contribution in [0.25, 0.3) is 0 Å². The fourth-order valence-electron chi connectivity index (χ4n) is 1.05. The Balaban J connectivity index is 5.50. The third kappa shape index (κ3) is 7.51. The predicted octanol–water partition coefficient (Wildman–Crippen LogP) is 5.44. The van der Waals surface area contributed by atoms with Gasteiger partial charge in [0.15, 0.2) is 13.2 Å². The van der Waals surface area contributed by atoms with Crippen molar-refractivity contribution in [2.75, 3.05) is 19.8 Å². The maximum Gasteiger partial charge on any atom is 0.475 e. The van der Waals surface area contributed by atoms with Gasteiger partial charge in [-0.1, -0.05) is 0 Å². The fourth-order valence-corrected chi connectivity index (χ4v) is 2.20. The van der Waals surface area contributed by atoms with Gasteiger partial charge in [0.25, 0.3) is 0 Å². The molecule has 0 aliphatic carbocycles. The zero-order valence-corrected chi connectivity index (χ0v) is 13.5. The van der Waals surface area contributed by atoms with Gasteiger partial charge in [-0.05, 0) is 0 Å². The highest BCUT2D eigenvalue weighted by atomic mass is 31.2. The lowest BCUT2D eigenvalue weighted by atomic mass is 10.1. The molecule has 0 atom stereocenters. The van der Waals surface area contributed by atoms with Crippen molar-refractivity contribution < 1.29 is 79.6 Å². The van der Waals surface area contributed by atoms with Crippen LogP contribution in [-0.4, -0.2) is 56.4 Å². The maximum atomic E-state index is 13.2. The van der Waals surface area contributed by atoms with E-state index < -0.39 is 64.2 Å². The van der Waals surface area contributed by atoms with E-state index in [1.165, 1.54) is 0 Å². The molecule has 4 nitrogen and oxygen atoms in total. The first-order valence-corrected chi connectivity index (χ1v) is 7.61. The van der Waals surface area contributed by atoms with Gasteiger partial charge in [-0.25, -0.2) is 13.3 Å². The summed E-state index contributed by atoms with van der Waals surface area (Å²) in [5.74, 6) is -20.0. The summed E-state index contributed by atoms with van der Waals surface area (Å²) in [7, 11) is -6.34. The summed E-state index contributed by atoms with van der Waals surface area (Å²) in [5.41, 5.74) is 0. The zero-order chi connectivity index (χ0) is 22.8. The normalized spacial score (nSPS) is 15.4. The molecule has 0 spiro atoms. The number of hydrogen-bond donors (Lipinski definition) is 0. The van der Waals surface area contributed by atoms with Gasteiger partial charge >= 0.3 is 44.4 Å². The third-order valence-corrected chi connectivity index (χ3v) is 3.66. The minimum absolute atomic E-state index is 2.75. The van der Waals surface area contributed by atoms with Gasteiger partial charge in [-0.15, -0.1) is 0 Å². The molecule has 0 N–H and O–H groups in total. The van der Waals surface area contributed by atoms with Crippen molar-refractivity contribution in [1.82, 2.24) is 0 Å². The second-order valence-electron chi connectivity index (χ2n) is 4.70. The Labute approximate surface area is 145 Å². The van der Waals surface area contributed by atoms with Crippen LogP contribution >= 0.6 is 7.82 Å². The number of halogens is 14. The lowest BCUT2D eigenvalue weighted by Crippen LogP contribution is -2.59. The third-order valence-electron chi connectivity index (χ3n) is 2.33. The smallest absolute Gasteiger partial charge is 0.280 e. The molecule has 0 aromatic rings. The standard InChI is InChI=1S/C9H7F14O4P/c10-4(11)8(20,21)9(22,23)5(12,13)1-25-28(24,26-2-6(14,15)16)27-3-7(17,18)19/h4H,1-3H2. The van der Waals surface area contributed by atoms with E-state index in [9.17, 15) is 66.0 Å². The lowest BCUT2D eigenvalue weighted by molar-refractivity contribution is -0.343. The molecule has 0 rings (SSSR count). The van der Waals surface area contributed by atoms with Crippen molar-refractivity contribution >= 4 is 7.82 Å². The van der Waals surface area contributed by atoms with Crippen LogP contribution < -0.4 is 0 Å². The quantitative estimate of drug-likeness (QED) is 0.311. The van der Waals surface area contributed by atoms with E-state index in [1.54, 1.807) is 0 Å². The van der Waals surface area contributed by atoms with E-state index in [0.717, 1.165) is 0 Å². The van der Waals surface area contributed by atoms with Crippen LogP contribution in [0.4, 0.5) is 61.5 Å². The predicted molar refractivity (Wildman–Crippen MR) is 58.4 cm³/mol. The van der Waals surface area contributed by atoms with Crippen molar-refractivity contribution in [3.63, 3.8) is 0 Å². The van der Waals surface area contributed by atoms with Gasteiger partial charge in [-0.3, -0.25) is 13.6 Å². The molecule has 0 saturated carbocycles. The van der Waals surface area contributed by atoms with Crippen LogP contribution in [0.2, 0.25) is 0 Å². The SMILES string of the molecule is O=P(OCC(F)(F)F)(OCC(F)(F)F)OCC(F)(F)C(F)(F)C(F)(F)C(F)F. The van der Waals surface area contributed by atoms with Crippen molar-refractivity contribution in [1.29, 1.82) is 0 Å². The molecule has 0 aliphatic rings. The van der Waals surface area contributed by atoms with E-state index in [0.29, 0.717) is 0 Å². The summed E-state index contributed by atoms with van der Waals surface area (Å²) < 4.78 is 194. The average Bonchev–Trinajstić information content (AvgIpc) is 2.47. The van der Waals surface area contributed by atoms with E-state index in [1.807, 2.05) is 0 Å². The maximum absolute atomic E-state index is 13.2. The molecule has 0 saturated heterocycles. The molecular formula is C9H7F14O4P. The Morgan fingerprint density at radius 2 is 0.964 bits per heavy atom. The first-order valence-electron chi connectivity index (χ1n) is 6.15. The van der Waals surface area contributed by atoms with Gasteiger partial charge in [0.05, 0.1) is 0 Å². The van der Waals surface area contributed by atoms with Gasteiger partial charge in [0.2, 0.25) is 0 Å². The first-order chi connectivity index (χ1) is 12.1. The van der Waals surface area contributed by atoms with Crippen LogP contribution in [0.15, 0.2) is 0 Å². The molecule has 0 aromatic heterocycles. The first kappa shape index (κ1) is 27.1. The van der Waals surface area contributed by atoms with E-state index >= 15 is 0 Å². The molecule has 170 valence electrons. The number of phosphoric acid groups is 1. The Morgan fingerprint density at radius 3 is 1.25 bits per heavy atom. The number of rotatable bonds is 10. The minimum atomic E-state index is -6.92. The van der Waals surface area contributed by atoms with Gasteiger partial charge < -0.3 is 0 Å². The highest BCUT2D eigenvalue weighted by Crippen LogP contribution is 2.55. The van der Waals surface area contributed by atoms with Crippen molar-refractivity contribution in [3.05, 3.63) is 0 Å². The van der Waals surface area contributed by atoms with Crippen LogP contribution in [0.5, 0.6) is 0 Å². The number of hydrogen-bond acceptors (Lipinski definition) is 4. The molecule has 0 fully saturated rings. The summed E-state index contributed by atoms with van der Waals surface area (Å²) in [6.07, 6.45) is -16.3. The van der Waals surface area contributed by atoms with Crippen molar-refractivity contribution in [3.8, 4) is 0 Å². The van der Waals surface area contributed by atoms with Crippen molar-refractivity contribution in [2.24, 2.45) is 0 Å². The lowest BCUT2D eigenvalue weighted by Gasteiger charge is -2.32. The molecule has 0 bridgehead atoms. The summed E-state index contributed by atoms with van der Waals surface area (Å²) in [6, 6.07) is 0. The minimum Gasteiger partial charge on any atom is -0.280 e. The van der Waals surface area contributed by atoms with Crippen LogP contribution in [0.1, 0.15) is 0 Å². The van der Waals surface area contributed by atoms with Crippen LogP contribution in [-0.2, 0) is 18.1 Å². The molecular weight excluding hydrogens is 469 g/mol. The van der Waals surface area contributed by atoms with E-state index in [-0.39, 0.29) is 0 Å². The molecule has 0 aromatic carbocycles. The van der Waals surface area contributed by atoms with Gasteiger partial charge in [0.1, 0.15) is 6.61 Å². The monoisotopic (exact) mass is 476 g/mol. The van der Waals surface area contributed by atoms with E-state index in [4.69, 9.17) is 0 Å². The molecule has 0 heterocycles. The van der Waals surface area contributed by atoms with E-state index in [2.05, 4.69) is 13.6 Å². The molecule has 19 heteroatoms. The highest BCUT2D eigenvalue weighted by molar-refractivity contribution is 7.48. The number of alkyl halides is 14. The Bertz CT molecular complexity index is 534. The molecule has 0 unspecified atom stereocenters. The second-order valence-corrected chi connectivity index (χ2v) is 6.37. The number of phosphoric ester groups is 1. The molecule has 0 radical (unpaired) electrons. The summed E-state index contributed by atoms with van der Waals surface area (Å²) in [4.78, 5) is 0. The summed E-state index contributed by atoms with van der Waals surface area (Å²) >= 11 is 0. The van der Waals surface area contributed by atoms with Crippen molar-refractivity contribution in [2.45, 2.75) is 36.5 Å². The Kier molecular flexibility index (Phi) is 8.21. The second kappa shape index (κ2) is 8.47. The topological polar surface area (TPSA) is 44.8 Å².